The fraction of sp³-hybridized carbons (Fsp3) is 0.400. The summed E-state index contributed by atoms with van der Waals surface area (Å²) < 4.78 is 40.4. The Morgan fingerprint density at radius 3 is 2.72 bits per heavy atom. The number of benzene rings is 1. The lowest BCUT2D eigenvalue weighted by molar-refractivity contribution is 0.276. The van der Waals surface area contributed by atoms with E-state index in [4.69, 9.17) is 5.11 Å². The standard InChI is InChI=1S/C10H14BrFN2O3S/c1-14(5-2-6-15)18(16,17)13-8-3-4-9(11)10(12)7-8/h3-4,7,13,15H,2,5-6H2,1H3. The van der Waals surface area contributed by atoms with Gasteiger partial charge < -0.3 is 5.11 Å². The molecule has 0 fully saturated rings. The second-order valence-electron chi connectivity index (χ2n) is 3.63. The molecule has 1 rings (SSSR count). The molecule has 5 nitrogen and oxygen atoms in total. The predicted molar refractivity (Wildman–Crippen MR) is 71.0 cm³/mol. The molecular formula is C10H14BrFN2O3S. The van der Waals surface area contributed by atoms with Crippen LogP contribution >= 0.6 is 15.9 Å². The summed E-state index contributed by atoms with van der Waals surface area (Å²) in [6, 6.07) is 3.95. The topological polar surface area (TPSA) is 69.6 Å². The van der Waals surface area contributed by atoms with Crippen LogP contribution in [-0.4, -0.2) is 38.0 Å². The summed E-state index contributed by atoms with van der Waals surface area (Å²) in [7, 11) is -2.34. The normalized spacial score (nSPS) is 11.8. The van der Waals surface area contributed by atoms with Crippen LogP contribution in [0, 0.1) is 5.82 Å². The van der Waals surface area contributed by atoms with Gasteiger partial charge in [0, 0.05) is 20.2 Å². The van der Waals surface area contributed by atoms with Crippen LogP contribution in [0.1, 0.15) is 6.42 Å². The molecule has 0 radical (unpaired) electrons. The SMILES string of the molecule is CN(CCCO)S(=O)(=O)Nc1ccc(Br)c(F)c1. The Labute approximate surface area is 114 Å². The highest BCUT2D eigenvalue weighted by atomic mass is 79.9. The first-order valence-electron chi connectivity index (χ1n) is 5.17. The molecule has 1 aromatic carbocycles. The first-order valence-corrected chi connectivity index (χ1v) is 7.40. The van der Waals surface area contributed by atoms with Crippen molar-refractivity contribution in [1.29, 1.82) is 0 Å². The molecule has 2 N–H and O–H groups in total. The highest BCUT2D eigenvalue weighted by Crippen LogP contribution is 2.20. The van der Waals surface area contributed by atoms with Gasteiger partial charge in [-0.15, -0.1) is 0 Å². The maximum atomic E-state index is 13.2. The molecule has 0 heterocycles. The highest BCUT2D eigenvalue weighted by Gasteiger charge is 2.17. The average Bonchev–Trinajstić information content (AvgIpc) is 2.30. The van der Waals surface area contributed by atoms with Crippen LogP contribution in [0.5, 0.6) is 0 Å². The Bertz CT molecular complexity index is 510. The molecule has 0 saturated carbocycles. The Hall–Kier alpha value is -0.700. The minimum atomic E-state index is -3.72. The number of anilines is 1. The van der Waals surface area contributed by atoms with E-state index in [1.165, 1.54) is 19.2 Å². The van der Waals surface area contributed by atoms with E-state index >= 15 is 0 Å². The van der Waals surface area contributed by atoms with Gasteiger partial charge in [-0.1, -0.05) is 0 Å². The van der Waals surface area contributed by atoms with Crippen molar-refractivity contribution in [3.8, 4) is 0 Å². The smallest absolute Gasteiger partial charge is 0.301 e. The van der Waals surface area contributed by atoms with Gasteiger partial charge in [-0.25, -0.2) is 4.39 Å². The largest absolute Gasteiger partial charge is 0.396 e. The number of aliphatic hydroxyl groups is 1. The molecule has 18 heavy (non-hydrogen) atoms. The second-order valence-corrected chi connectivity index (χ2v) is 6.27. The number of hydrogen-bond acceptors (Lipinski definition) is 3. The summed E-state index contributed by atoms with van der Waals surface area (Å²) in [6.45, 7) is 0.0949. The third kappa shape index (κ3) is 4.20. The van der Waals surface area contributed by atoms with Crippen molar-refractivity contribution >= 4 is 31.8 Å². The maximum Gasteiger partial charge on any atom is 0.301 e. The number of rotatable bonds is 6. The average molecular weight is 341 g/mol. The van der Waals surface area contributed by atoms with E-state index in [0.29, 0.717) is 6.42 Å². The van der Waals surface area contributed by atoms with Crippen LogP contribution in [0.25, 0.3) is 0 Å². The van der Waals surface area contributed by atoms with Crippen LogP contribution in [0.4, 0.5) is 10.1 Å². The molecule has 0 aliphatic heterocycles. The van der Waals surface area contributed by atoms with Crippen molar-refractivity contribution in [2.75, 3.05) is 24.9 Å². The third-order valence-electron chi connectivity index (χ3n) is 2.21. The predicted octanol–water partition coefficient (Wildman–Crippen LogP) is 1.56. The zero-order valence-corrected chi connectivity index (χ0v) is 12.1. The molecule has 0 unspecified atom stereocenters. The van der Waals surface area contributed by atoms with Gasteiger partial charge in [-0.3, -0.25) is 4.72 Å². The Balaban J connectivity index is 2.78. The fourth-order valence-electron chi connectivity index (χ4n) is 1.20. The van der Waals surface area contributed by atoms with E-state index in [-0.39, 0.29) is 23.3 Å². The summed E-state index contributed by atoms with van der Waals surface area (Å²) in [4.78, 5) is 0. The summed E-state index contributed by atoms with van der Waals surface area (Å²) >= 11 is 2.98. The van der Waals surface area contributed by atoms with Gasteiger partial charge in [0.1, 0.15) is 5.82 Å². The minimum absolute atomic E-state index is 0.0905. The zero-order chi connectivity index (χ0) is 13.8. The third-order valence-corrected chi connectivity index (χ3v) is 4.35. The van der Waals surface area contributed by atoms with E-state index in [0.717, 1.165) is 10.4 Å². The van der Waals surface area contributed by atoms with Gasteiger partial charge in [0.15, 0.2) is 0 Å². The second kappa shape index (κ2) is 6.46. The highest BCUT2D eigenvalue weighted by molar-refractivity contribution is 9.10. The molecule has 0 aromatic heterocycles. The Morgan fingerprint density at radius 2 is 2.17 bits per heavy atom. The van der Waals surface area contributed by atoms with Crippen molar-refractivity contribution in [2.24, 2.45) is 0 Å². The first-order chi connectivity index (χ1) is 8.36. The van der Waals surface area contributed by atoms with Crippen molar-refractivity contribution in [2.45, 2.75) is 6.42 Å². The first kappa shape index (κ1) is 15.4. The monoisotopic (exact) mass is 340 g/mol. The molecule has 0 bridgehead atoms. The number of halogens is 2. The van der Waals surface area contributed by atoms with E-state index in [1.807, 2.05) is 0 Å². The molecule has 0 aliphatic carbocycles. The number of nitrogens with zero attached hydrogens (tertiary/aromatic N) is 1. The summed E-state index contributed by atoms with van der Waals surface area (Å²) in [5, 5.41) is 8.64. The summed E-state index contributed by atoms with van der Waals surface area (Å²) in [5.74, 6) is -0.548. The van der Waals surface area contributed by atoms with Crippen molar-refractivity contribution < 1.29 is 17.9 Å². The van der Waals surface area contributed by atoms with Gasteiger partial charge >= 0.3 is 10.2 Å². The van der Waals surface area contributed by atoms with Crippen molar-refractivity contribution in [3.05, 3.63) is 28.5 Å². The van der Waals surface area contributed by atoms with Crippen LogP contribution in [-0.2, 0) is 10.2 Å². The summed E-state index contributed by atoms with van der Waals surface area (Å²) in [6.07, 6.45) is 0.339. The lowest BCUT2D eigenvalue weighted by atomic mass is 10.3. The number of aliphatic hydroxyl groups excluding tert-OH is 1. The van der Waals surface area contributed by atoms with Gasteiger partial charge in [-0.05, 0) is 40.5 Å². The van der Waals surface area contributed by atoms with Crippen molar-refractivity contribution in [1.82, 2.24) is 4.31 Å². The van der Waals surface area contributed by atoms with Crippen LogP contribution in [0.3, 0.4) is 0 Å². The molecule has 8 heteroatoms. The fourth-order valence-corrected chi connectivity index (χ4v) is 2.40. The van der Waals surface area contributed by atoms with Gasteiger partial charge in [0.05, 0.1) is 10.2 Å². The molecule has 102 valence electrons. The van der Waals surface area contributed by atoms with E-state index < -0.39 is 16.0 Å². The molecule has 0 spiro atoms. The Morgan fingerprint density at radius 1 is 1.50 bits per heavy atom. The molecule has 0 atom stereocenters. The van der Waals surface area contributed by atoms with E-state index in [1.54, 1.807) is 0 Å². The van der Waals surface area contributed by atoms with E-state index in [9.17, 15) is 12.8 Å². The molecular weight excluding hydrogens is 327 g/mol. The van der Waals surface area contributed by atoms with Gasteiger partial charge in [0.2, 0.25) is 0 Å². The molecule has 1 aromatic rings. The molecule has 0 amide bonds. The van der Waals surface area contributed by atoms with Crippen molar-refractivity contribution in [3.63, 3.8) is 0 Å². The Kier molecular flexibility index (Phi) is 5.51. The zero-order valence-electron chi connectivity index (χ0n) is 9.73. The van der Waals surface area contributed by atoms with Crippen LogP contribution in [0.2, 0.25) is 0 Å². The maximum absolute atomic E-state index is 13.2. The van der Waals surface area contributed by atoms with Crippen LogP contribution in [0.15, 0.2) is 22.7 Å². The minimum Gasteiger partial charge on any atom is -0.396 e. The lowest BCUT2D eigenvalue weighted by Crippen LogP contribution is -2.33. The van der Waals surface area contributed by atoms with Gasteiger partial charge in [-0.2, -0.15) is 12.7 Å². The lowest BCUT2D eigenvalue weighted by Gasteiger charge is -2.17. The molecule has 0 aliphatic rings. The quantitative estimate of drug-likeness (QED) is 0.825. The molecule has 0 saturated heterocycles. The number of hydrogen-bond donors (Lipinski definition) is 2. The van der Waals surface area contributed by atoms with Gasteiger partial charge in [0.25, 0.3) is 0 Å². The summed E-state index contributed by atoms with van der Waals surface area (Å²) in [5.41, 5.74) is 0.145. The van der Waals surface area contributed by atoms with Crippen LogP contribution < -0.4 is 4.72 Å². The van der Waals surface area contributed by atoms with E-state index in [2.05, 4.69) is 20.7 Å². The number of nitrogens with one attached hydrogen (secondary N) is 1.